The van der Waals surface area contributed by atoms with Crippen LogP contribution in [0.4, 0.5) is 0 Å². The van der Waals surface area contributed by atoms with E-state index < -0.39 is 0 Å². The lowest BCUT2D eigenvalue weighted by molar-refractivity contribution is -0.000390. The number of hydrogen-bond acceptors (Lipinski definition) is 2. The van der Waals surface area contributed by atoms with Crippen molar-refractivity contribution in [2.75, 3.05) is 26.2 Å². The van der Waals surface area contributed by atoms with Crippen LogP contribution < -0.4 is 0 Å². The molecule has 0 aromatic carbocycles. The molecule has 2 nitrogen and oxygen atoms in total. The molecule has 0 saturated carbocycles. The van der Waals surface area contributed by atoms with Gasteiger partial charge in [0.1, 0.15) is 0 Å². The van der Waals surface area contributed by atoms with Crippen molar-refractivity contribution in [2.45, 2.75) is 72.9 Å². The molecule has 0 unspecified atom stereocenters. The summed E-state index contributed by atoms with van der Waals surface area (Å²) in [5.41, 5.74) is 1.05. The van der Waals surface area contributed by atoms with Crippen molar-refractivity contribution in [3.63, 3.8) is 0 Å². The van der Waals surface area contributed by atoms with Crippen LogP contribution in [0.25, 0.3) is 0 Å². The highest BCUT2D eigenvalue weighted by Gasteiger charge is 2.35. The molecule has 0 bridgehead atoms. The van der Waals surface area contributed by atoms with Crippen LogP contribution >= 0.6 is 0 Å². The maximum atomic E-state index is 2.68. The third-order valence-corrected chi connectivity index (χ3v) is 4.05. The van der Waals surface area contributed by atoms with Gasteiger partial charge in [-0.1, -0.05) is 20.8 Å². The summed E-state index contributed by atoms with van der Waals surface area (Å²) < 4.78 is 0. The molecule has 2 heteroatoms. The van der Waals surface area contributed by atoms with Crippen molar-refractivity contribution >= 4 is 0 Å². The van der Waals surface area contributed by atoms with Gasteiger partial charge >= 0.3 is 0 Å². The van der Waals surface area contributed by atoms with Gasteiger partial charge in [-0.2, -0.15) is 0 Å². The fourth-order valence-corrected chi connectivity index (χ4v) is 3.39. The molecule has 1 heterocycles. The normalized spacial score (nSPS) is 21.3. The first-order valence-electron chi connectivity index (χ1n) is 7.42. The van der Waals surface area contributed by atoms with E-state index in [4.69, 9.17) is 0 Å². The summed E-state index contributed by atoms with van der Waals surface area (Å²) >= 11 is 0. The van der Waals surface area contributed by atoms with Gasteiger partial charge in [0.05, 0.1) is 0 Å². The maximum Gasteiger partial charge on any atom is 0.0159 e. The zero-order valence-electron chi connectivity index (χ0n) is 13.9. The molecule has 0 atom stereocenters. The van der Waals surface area contributed by atoms with Gasteiger partial charge in [-0.25, -0.2) is 0 Å². The van der Waals surface area contributed by atoms with Crippen LogP contribution in [0.5, 0.6) is 0 Å². The van der Waals surface area contributed by atoms with Crippen LogP contribution in [0, 0.1) is 5.41 Å². The highest BCUT2D eigenvalue weighted by atomic mass is 15.3. The predicted octanol–water partition coefficient (Wildman–Crippen LogP) is 3.62. The van der Waals surface area contributed by atoms with Gasteiger partial charge in [-0.05, 0) is 46.5 Å². The third kappa shape index (κ3) is 4.55. The molecule has 1 rings (SSSR count). The molecule has 1 saturated heterocycles. The molecular formula is C16H34N2. The lowest BCUT2D eigenvalue weighted by Gasteiger charge is -2.49. The zero-order valence-corrected chi connectivity index (χ0v) is 13.9. The van der Waals surface area contributed by atoms with E-state index in [0.29, 0.717) is 16.5 Å². The van der Waals surface area contributed by atoms with Gasteiger partial charge in [0, 0.05) is 37.3 Å². The Kier molecular flexibility index (Phi) is 4.55. The van der Waals surface area contributed by atoms with Crippen LogP contribution in [-0.2, 0) is 0 Å². The van der Waals surface area contributed by atoms with Crippen LogP contribution in [0.15, 0.2) is 0 Å². The van der Waals surface area contributed by atoms with E-state index in [9.17, 15) is 0 Å². The fraction of sp³-hybridized carbons (Fsp3) is 1.00. The topological polar surface area (TPSA) is 6.48 Å². The smallest absolute Gasteiger partial charge is 0.0159 e. The number of nitrogens with zero attached hydrogens (tertiary/aromatic N) is 2. The van der Waals surface area contributed by atoms with Crippen LogP contribution in [0.1, 0.15) is 61.8 Å². The molecule has 0 aromatic heterocycles. The summed E-state index contributed by atoms with van der Waals surface area (Å²) in [4.78, 5) is 5.29. The second-order valence-electron chi connectivity index (χ2n) is 8.69. The van der Waals surface area contributed by atoms with Gasteiger partial charge in [0.2, 0.25) is 0 Å². The second kappa shape index (κ2) is 5.13. The van der Waals surface area contributed by atoms with E-state index in [1.807, 2.05) is 0 Å². The molecule has 0 spiro atoms. The highest BCUT2D eigenvalue weighted by Crippen LogP contribution is 2.32. The largest absolute Gasteiger partial charge is 0.296 e. The standard InChI is InChI=1S/C16H34N2/c1-14(2,3)13-16(7,8)18-11-9-17(10-12-18)15(4,5)6/h9-13H2,1-8H3. The molecule has 0 radical (unpaired) electrons. The van der Waals surface area contributed by atoms with E-state index in [-0.39, 0.29) is 0 Å². The third-order valence-electron chi connectivity index (χ3n) is 4.05. The number of piperazine rings is 1. The van der Waals surface area contributed by atoms with Crippen molar-refractivity contribution in [3.05, 3.63) is 0 Å². The quantitative estimate of drug-likeness (QED) is 0.742. The van der Waals surface area contributed by atoms with E-state index in [1.165, 1.54) is 32.6 Å². The molecule has 0 aliphatic carbocycles. The van der Waals surface area contributed by atoms with Crippen LogP contribution in [0.2, 0.25) is 0 Å². The van der Waals surface area contributed by atoms with E-state index in [1.54, 1.807) is 0 Å². The van der Waals surface area contributed by atoms with E-state index >= 15 is 0 Å². The predicted molar refractivity (Wildman–Crippen MR) is 81.1 cm³/mol. The first-order chi connectivity index (χ1) is 7.92. The summed E-state index contributed by atoms with van der Waals surface area (Å²) in [6.07, 6.45) is 1.26. The van der Waals surface area contributed by atoms with Crippen molar-refractivity contribution in [1.82, 2.24) is 9.80 Å². The Bertz CT molecular complexity index is 260. The lowest BCUT2D eigenvalue weighted by atomic mass is 9.80. The highest BCUT2D eigenvalue weighted by molar-refractivity contribution is 4.91. The first-order valence-corrected chi connectivity index (χ1v) is 7.42. The number of hydrogen-bond donors (Lipinski definition) is 0. The summed E-state index contributed by atoms with van der Waals surface area (Å²) in [7, 11) is 0. The van der Waals surface area contributed by atoms with E-state index in [0.717, 1.165) is 0 Å². The summed E-state index contributed by atoms with van der Waals surface area (Å²) in [6, 6.07) is 0. The van der Waals surface area contributed by atoms with Crippen molar-refractivity contribution in [1.29, 1.82) is 0 Å². The Balaban J connectivity index is 2.57. The lowest BCUT2D eigenvalue weighted by Crippen LogP contribution is -2.59. The fourth-order valence-electron chi connectivity index (χ4n) is 3.39. The monoisotopic (exact) mass is 254 g/mol. The van der Waals surface area contributed by atoms with Crippen molar-refractivity contribution in [3.8, 4) is 0 Å². The Morgan fingerprint density at radius 3 is 1.39 bits per heavy atom. The Morgan fingerprint density at radius 1 is 0.667 bits per heavy atom. The number of rotatable bonds is 2. The average molecular weight is 254 g/mol. The molecule has 18 heavy (non-hydrogen) atoms. The molecule has 1 aliphatic rings. The molecule has 0 aromatic rings. The molecular weight excluding hydrogens is 220 g/mol. The Hall–Kier alpha value is -0.0800. The minimum atomic E-state index is 0.320. The second-order valence-corrected chi connectivity index (χ2v) is 8.69. The minimum absolute atomic E-state index is 0.320. The molecule has 1 aliphatic heterocycles. The summed E-state index contributed by atoms with van der Waals surface area (Å²) in [5, 5.41) is 0. The van der Waals surface area contributed by atoms with Gasteiger partial charge < -0.3 is 0 Å². The van der Waals surface area contributed by atoms with Gasteiger partial charge in [0.15, 0.2) is 0 Å². The molecule has 0 N–H and O–H groups in total. The molecule has 0 amide bonds. The summed E-state index contributed by atoms with van der Waals surface area (Å²) in [6.45, 7) is 23.7. The summed E-state index contributed by atoms with van der Waals surface area (Å²) in [5.74, 6) is 0. The molecule has 108 valence electrons. The van der Waals surface area contributed by atoms with Gasteiger partial charge in [-0.3, -0.25) is 9.80 Å². The van der Waals surface area contributed by atoms with Gasteiger partial charge in [-0.15, -0.1) is 0 Å². The van der Waals surface area contributed by atoms with Crippen molar-refractivity contribution < 1.29 is 0 Å². The molecule has 1 fully saturated rings. The van der Waals surface area contributed by atoms with Gasteiger partial charge in [0.25, 0.3) is 0 Å². The average Bonchev–Trinajstić information content (AvgIpc) is 2.13. The Labute approximate surface area is 115 Å². The van der Waals surface area contributed by atoms with E-state index in [2.05, 4.69) is 65.2 Å². The maximum absolute atomic E-state index is 2.68. The SMILES string of the molecule is CC(C)(C)CC(C)(C)N1CCN(C(C)(C)C)CC1. The zero-order chi connectivity index (χ0) is 14.2. The van der Waals surface area contributed by atoms with Crippen LogP contribution in [0.3, 0.4) is 0 Å². The first kappa shape index (κ1) is 16.0. The Morgan fingerprint density at radius 2 is 1.06 bits per heavy atom. The minimum Gasteiger partial charge on any atom is -0.296 e. The van der Waals surface area contributed by atoms with Crippen molar-refractivity contribution in [2.24, 2.45) is 5.41 Å². The van der Waals surface area contributed by atoms with Crippen LogP contribution in [-0.4, -0.2) is 47.1 Å².